The molecule has 0 spiro atoms. The number of amides is 1. The maximum absolute atomic E-state index is 10.8. The molecule has 1 aliphatic heterocycles. The number of anilines is 1. The van der Waals surface area contributed by atoms with Crippen molar-refractivity contribution in [2.75, 3.05) is 18.4 Å². The molecule has 0 aliphatic carbocycles. The Morgan fingerprint density at radius 2 is 2.21 bits per heavy atom. The number of carboxylic acid groups (broad SMARTS) is 1. The molecule has 1 aromatic heterocycles. The summed E-state index contributed by atoms with van der Waals surface area (Å²) in [4.78, 5) is 22.5. The minimum atomic E-state index is -0.926. The number of nitrogens with zero attached hydrogens (tertiary/aromatic N) is 4. The molecule has 0 unspecified atom stereocenters. The van der Waals surface area contributed by atoms with Crippen LogP contribution in [0.25, 0.3) is 0 Å². The van der Waals surface area contributed by atoms with Crippen LogP contribution in [0.1, 0.15) is 12.8 Å². The van der Waals surface area contributed by atoms with Gasteiger partial charge < -0.3 is 15.3 Å². The Morgan fingerprint density at radius 1 is 1.58 bits per heavy atom. The largest absolute Gasteiger partial charge is 0.465 e. The summed E-state index contributed by atoms with van der Waals surface area (Å²) in [6, 6.07) is 0.0182. The second-order valence-corrected chi connectivity index (χ2v) is 4.45. The van der Waals surface area contributed by atoms with Crippen molar-refractivity contribution < 1.29 is 14.8 Å². The molecule has 9 heteroatoms. The summed E-state index contributed by atoms with van der Waals surface area (Å²) >= 11 is 0. The molecule has 104 valence electrons. The van der Waals surface area contributed by atoms with Crippen LogP contribution in [-0.4, -0.2) is 49.9 Å². The summed E-state index contributed by atoms with van der Waals surface area (Å²) in [5, 5.41) is 26.6. The Balaban J connectivity index is 2.01. The minimum Gasteiger partial charge on any atom is -0.465 e. The number of likely N-dealkylation sites (tertiary alicyclic amines) is 1. The van der Waals surface area contributed by atoms with Crippen LogP contribution in [0.15, 0.2) is 6.20 Å². The average molecular weight is 269 g/mol. The van der Waals surface area contributed by atoms with E-state index in [1.165, 1.54) is 15.8 Å². The van der Waals surface area contributed by atoms with Gasteiger partial charge in [-0.2, -0.15) is 5.10 Å². The highest BCUT2D eigenvalue weighted by molar-refractivity contribution is 5.65. The van der Waals surface area contributed by atoms with Gasteiger partial charge in [0, 0.05) is 26.2 Å². The molecule has 1 amide bonds. The number of aryl methyl sites for hydroxylation is 1. The number of nitrogens with one attached hydrogen (secondary N) is 1. The van der Waals surface area contributed by atoms with Gasteiger partial charge in [-0.25, -0.2) is 9.48 Å². The summed E-state index contributed by atoms with van der Waals surface area (Å²) in [6.07, 6.45) is 1.52. The second kappa shape index (κ2) is 5.12. The Labute approximate surface area is 109 Å². The lowest BCUT2D eigenvalue weighted by molar-refractivity contribution is -0.384. The number of rotatable bonds is 3. The lowest BCUT2D eigenvalue weighted by Gasteiger charge is -2.30. The number of nitro groups is 1. The first kappa shape index (κ1) is 13.1. The van der Waals surface area contributed by atoms with Gasteiger partial charge in [-0.15, -0.1) is 0 Å². The SMILES string of the molecule is Cn1ncc([N+](=O)[O-])c1NC1CCN(C(=O)O)CC1. The molecule has 0 aromatic carbocycles. The van der Waals surface area contributed by atoms with Gasteiger partial charge >= 0.3 is 11.8 Å². The first-order chi connectivity index (χ1) is 8.99. The number of aromatic nitrogens is 2. The monoisotopic (exact) mass is 269 g/mol. The van der Waals surface area contributed by atoms with Gasteiger partial charge in [0.05, 0.1) is 4.92 Å². The molecule has 1 aromatic rings. The van der Waals surface area contributed by atoms with E-state index in [0.717, 1.165) is 0 Å². The van der Waals surface area contributed by atoms with Gasteiger partial charge in [-0.05, 0) is 12.8 Å². The number of piperidine rings is 1. The third-order valence-corrected chi connectivity index (χ3v) is 3.22. The molecule has 2 N–H and O–H groups in total. The number of hydrogen-bond donors (Lipinski definition) is 2. The Hall–Kier alpha value is -2.32. The van der Waals surface area contributed by atoms with Crippen molar-refractivity contribution in [1.29, 1.82) is 0 Å². The van der Waals surface area contributed by atoms with Crippen LogP contribution in [0.5, 0.6) is 0 Å². The Kier molecular flexibility index (Phi) is 3.54. The lowest BCUT2D eigenvalue weighted by Crippen LogP contribution is -2.41. The zero-order valence-corrected chi connectivity index (χ0v) is 10.4. The maximum Gasteiger partial charge on any atom is 0.407 e. The third kappa shape index (κ3) is 2.75. The summed E-state index contributed by atoms with van der Waals surface area (Å²) in [7, 11) is 1.63. The fourth-order valence-corrected chi connectivity index (χ4v) is 2.14. The Morgan fingerprint density at radius 3 is 2.74 bits per heavy atom. The highest BCUT2D eigenvalue weighted by Gasteiger charge is 2.26. The highest BCUT2D eigenvalue weighted by Crippen LogP contribution is 2.25. The lowest BCUT2D eigenvalue weighted by atomic mass is 10.1. The molecule has 0 bridgehead atoms. The molecule has 0 saturated carbocycles. The van der Waals surface area contributed by atoms with Crippen LogP contribution < -0.4 is 5.32 Å². The van der Waals surface area contributed by atoms with E-state index >= 15 is 0 Å². The van der Waals surface area contributed by atoms with E-state index in [1.807, 2.05) is 0 Å². The van der Waals surface area contributed by atoms with E-state index in [9.17, 15) is 14.9 Å². The number of carbonyl (C=O) groups is 1. The first-order valence-corrected chi connectivity index (χ1v) is 5.90. The molecule has 0 atom stereocenters. The van der Waals surface area contributed by atoms with Gasteiger partial charge in [0.25, 0.3) is 0 Å². The first-order valence-electron chi connectivity index (χ1n) is 5.90. The zero-order valence-electron chi connectivity index (χ0n) is 10.4. The molecule has 2 rings (SSSR count). The molecule has 0 radical (unpaired) electrons. The van der Waals surface area contributed by atoms with Crippen LogP contribution in [-0.2, 0) is 7.05 Å². The maximum atomic E-state index is 10.8. The molecule has 1 aliphatic rings. The quantitative estimate of drug-likeness (QED) is 0.622. The fraction of sp³-hybridized carbons (Fsp3) is 0.600. The van der Waals surface area contributed by atoms with Crippen molar-refractivity contribution in [2.24, 2.45) is 7.05 Å². The smallest absolute Gasteiger partial charge is 0.407 e. The summed E-state index contributed by atoms with van der Waals surface area (Å²) in [6.45, 7) is 0.858. The van der Waals surface area contributed by atoms with Gasteiger partial charge in [0.1, 0.15) is 6.20 Å². The Bertz CT molecular complexity index is 492. The number of hydrogen-bond acceptors (Lipinski definition) is 5. The van der Waals surface area contributed by atoms with Crippen molar-refractivity contribution >= 4 is 17.6 Å². The van der Waals surface area contributed by atoms with E-state index in [0.29, 0.717) is 31.7 Å². The topological polar surface area (TPSA) is 114 Å². The summed E-state index contributed by atoms with van der Waals surface area (Å²) < 4.78 is 1.42. The van der Waals surface area contributed by atoms with E-state index in [4.69, 9.17) is 5.11 Å². The highest BCUT2D eigenvalue weighted by atomic mass is 16.6. The van der Waals surface area contributed by atoms with Crippen LogP contribution in [0, 0.1) is 10.1 Å². The third-order valence-electron chi connectivity index (χ3n) is 3.22. The van der Waals surface area contributed by atoms with Crippen LogP contribution in [0.3, 0.4) is 0 Å². The molecule has 2 heterocycles. The average Bonchev–Trinajstić information content (AvgIpc) is 2.72. The standard InChI is InChI=1S/C10H15N5O4/c1-13-9(8(6-11-13)15(18)19)12-7-2-4-14(5-3-7)10(16)17/h6-7,12H,2-5H2,1H3,(H,16,17). The van der Waals surface area contributed by atoms with Crippen LogP contribution in [0.2, 0.25) is 0 Å². The van der Waals surface area contributed by atoms with Crippen molar-refractivity contribution in [3.05, 3.63) is 16.3 Å². The predicted octanol–water partition coefficient (Wildman–Crippen LogP) is 0.883. The van der Waals surface area contributed by atoms with Crippen molar-refractivity contribution in [3.8, 4) is 0 Å². The summed E-state index contributed by atoms with van der Waals surface area (Å²) in [5.41, 5.74) is -0.0665. The second-order valence-electron chi connectivity index (χ2n) is 4.45. The zero-order chi connectivity index (χ0) is 14.0. The molecule has 1 fully saturated rings. The van der Waals surface area contributed by atoms with Crippen LogP contribution in [0.4, 0.5) is 16.3 Å². The van der Waals surface area contributed by atoms with Crippen molar-refractivity contribution in [3.63, 3.8) is 0 Å². The van der Waals surface area contributed by atoms with E-state index in [-0.39, 0.29) is 11.7 Å². The van der Waals surface area contributed by atoms with E-state index in [2.05, 4.69) is 10.4 Å². The van der Waals surface area contributed by atoms with Crippen molar-refractivity contribution in [2.45, 2.75) is 18.9 Å². The molecular formula is C10H15N5O4. The van der Waals surface area contributed by atoms with Crippen LogP contribution >= 0.6 is 0 Å². The normalized spacial score (nSPS) is 16.4. The van der Waals surface area contributed by atoms with Gasteiger partial charge in [-0.1, -0.05) is 0 Å². The molecule has 9 nitrogen and oxygen atoms in total. The van der Waals surface area contributed by atoms with Gasteiger partial charge in [0.15, 0.2) is 0 Å². The molecule has 19 heavy (non-hydrogen) atoms. The molecular weight excluding hydrogens is 254 g/mol. The van der Waals surface area contributed by atoms with Gasteiger partial charge in [0.2, 0.25) is 5.82 Å². The predicted molar refractivity (Wildman–Crippen MR) is 66.1 cm³/mol. The van der Waals surface area contributed by atoms with E-state index < -0.39 is 11.0 Å². The molecule has 1 saturated heterocycles. The minimum absolute atomic E-state index is 0.0182. The van der Waals surface area contributed by atoms with Gasteiger partial charge in [-0.3, -0.25) is 10.1 Å². The van der Waals surface area contributed by atoms with Crippen molar-refractivity contribution in [1.82, 2.24) is 14.7 Å². The summed E-state index contributed by atoms with van der Waals surface area (Å²) in [5.74, 6) is 0.360. The fourth-order valence-electron chi connectivity index (χ4n) is 2.14. The van der Waals surface area contributed by atoms with E-state index in [1.54, 1.807) is 7.05 Å².